The Kier molecular flexibility index (Phi) is 4.39. The van der Waals surface area contributed by atoms with E-state index >= 15 is 0 Å². The third-order valence-electron chi connectivity index (χ3n) is 8.49. The van der Waals surface area contributed by atoms with Gasteiger partial charge in [0.2, 0.25) is 0 Å². The molecule has 0 spiro atoms. The largest absolute Gasteiger partial charge is 0.166 e. The van der Waals surface area contributed by atoms with Gasteiger partial charge in [-0.25, -0.2) is 0 Å². The molecule has 6 rings (SSSR count). The molecule has 0 nitrogen and oxygen atoms in total. The summed E-state index contributed by atoms with van der Waals surface area (Å²) in [6, 6.07) is 0. The zero-order valence-electron chi connectivity index (χ0n) is 13.7. The van der Waals surface area contributed by atoms with E-state index in [2.05, 4.69) is 0 Å². The van der Waals surface area contributed by atoms with Crippen molar-refractivity contribution in [3.8, 4) is 0 Å². The summed E-state index contributed by atoms with van der Waals surface area (Å²) >= 11 is 81.8. The minimum absolute atomic E-state index is 0.128. The topological polar surface area (TPSA) is 0 Å². The fraction of sp³-hybridized carbons (Fsp3) is 0.765. The molecule has 0 aromatic rings. The minimum atomic E-state index is -1.62. The summed E-state index contributed by atoms with van der Waals surface area (Å²) in [7, 11) is 0. The van der Waals surface area contributed by atoms with Gasteiger partial charge in [0.15, 0.2) is 8.67 Å². The first-order valence-electron chi connectivity index (χ1n) is 8.74. The fourth-order valence-electron chi connectivity index (χ4n) is 7.72. The molecule has 4 fully saturated rings. The van der Waals surface area contributed by atoms with Gasteiger partial charge in [-0.1, -0.05) is 92.8 Å². The van der Waals surface area contributed by atoms with E-state index in [4.69, 9.17) is 139 Å². The van der Waals surface area contributed by atoms with Crippen molar-refractivity contribution in [1.82, 2.24) is 0 Å². The summed E-state index contributed by atoms with van der Waals surface area (Å²) in [5, 5.41) is 0.671. The smallest absolute Gasteiger partial charge is 0.109 e. The van der Waals surface area contributed by atoms with Gasteiger partial charge < -0.3 is 0 Å². The molecule has 160 valence electrons. The summed E-state index contributed by atoms with van der Waals surface area (Å²) in [5.74, 6) is -1.48. The van der Waals surface area contributed by atoms with E-state index < -0.39 is 28.2 Å². The highest BCUT2D eigenvalue weighted by molar-refractivity contribution is 6.67. The molecule has 6 bridgehead atoms. The van der Waals surface area contributed by atoms with Crippen molar-refractivity contribution in [2.45, 2.75) is 34.6 Å². The van der Waals surface area contributed by atoms with Crippen LogP contribution in [0.5, 0.6) is 0 Å². The van der Waals surface area contributed by atoms with E-state index in [1.807, 2.05) is 0 Å². The van der Waals surface area contributed by atoms with Crippen LogP contribution in [0.2, 0.25) is 0 Å². The van der Waals surface area contributed by atoms with Crippen molar-refractivity contribution in [2.75, 3.05) is 0 Å². The second kappa shape index (κ2) is 5.68. The van der Waals surface area contributed by atoms with Crippen LogP contribution in [0.3, 0.4) is 0 Å². The van der Waals surface area contributed by atoms with E-state index in [9.17, 15) is 0 Å². The van der Waals surface area contributed by atoms with Crippen molar-refractivity contribution in [3.05, 3.63) is 20.1 Å². The van der Waals surface area contributed by atoms with E-state index in [-0.39, 0.29) is 55.6 Å². The van der Waals surface area contributed by atoms with Crippen molar-refractivity contribution >= 4 is 139 Å². The molecule has 0 aliphatic heterocycles. The third kappa shape index (κ3) is 1.72. The van der Waals surface area contributed by atoms with Crippen LogP contribution in [-0.4, -0.2) is 28.2 Å². The highest BCUT2D eigenvalue weighted by Crippen LogP contribution is 2.90. The van der Waals surface area contributed by atoms with Gasteiger partial charge in [-0.3, -0.25) is 0 Å². The second-order valence-corrected chi connectivity index (χ2v) is 15.5. The lowest BCUT2D eigenvalue weighted by Gasteiger charge is -2.49. The molecule has 4 saturated carbocycles. The van der Waals surface area contributed by atoms with Gasteiger partial charge in [0.1, 0.15) is 19.5 Å². The lowest BCUT2D eigenvalue weighted by Crippen LogP contribution is -2.51. The van der Waals surface area contributed by atoms with Crippen LogP contribution in [0, 0.1) is 35.5 Å². The zero-order valence-corrected chi connectivity index (χ0v) is 22.8. The van der Waals surface area contributed by atoms with E-state index in [0.29, 0.717) is 6.42 Å². The monoisotopic (exact) mass is 632 g/mol. The van der Waals surface area contributed by atoms with Gasteiger partial charge in [-0.15, -0.1) is 46.4 Å². The summed E-state index contributed by atoms with van der Waals surface area (Å²) in [6.07, 6.45) is 0.715. The molecule has 0 N–H and O–H groups in total. The van der Waals surface area contributed by atoms with Crippen molar-refractivity contribution in [3.63, 3.8) is 0 Å². The lowest BCUT2D eigenvalue weighted by atomic mass is 9.61. The average molecular weight is 638 g/mol. The van der Waals surface area contributed by atoms with Crippen LogP contribution < -0.4 is 0 Å². The molecule has 0 radical (unpaired) electrons. The number of hydrogen-bond acceptors (Lipinski definition) is 0. The summed E-state index contributed by atoms with van der Waals surface area (Å²) in [5.41, 5.74) is 0. The maximum atomic E-state index is 7.09. The molecular weight excluding hydrogens is 630 g/mol. The van der Waals surface area contributed by atoms with Gasteiger partial charge in [0.05, 0.1) is 20.1 Å². The SMILES string of the molecule is ClC1=C(Cl)[C@@]2(Cl)[C@H]3C4CC([C@H]3[C@@]1(Cl)C2(Cl)Cl)[C@@H]1[C@H]4[C@@]2(Cl)C(Cl)=C(Cl)[C@]1(Cl)C2(Cl)Cl. The Balaban J connectivity index is 1.62. The Morgan fingerprint density at radius 3 is 0.862 bits per heavy atom. The van der Waals surface area contributed by atoms with Gasteiger partial charge in [-0.2, -0.15) is 0 Å². The number of hydrogen-bond donors (Lipinski definition) is 0. The first kappa shape index (κ1) is 22.4. The number of fused-ring (bicyclic) bond motifs is 16. The summed E-state index contributed by atoms with van der Waals surface area (Å²) in [4.78, 5) is -5.49. The molecule has 10 atom stereocenters. The number of rotatable bonds is 0. The fourth-order valence-corrected chi connectivity index (χ4v) is 14.0. The van der Waals surface area contributed by atoms with E-state index in [1.165, 1.54) is 0 Å². The van der Waals surface area contributed by atoms with Crippen LogP contribution in [0.15, 0.2) is 20.1 Å². The number of halogens is 12. The standard InChI is InChI=1S/C17H8Cl12/c18-8-10(20)14(24)6-3-1-2(4(6)12(8,22)16(14,26)27)5-7(3)15(25)11(21)9(19)13(5,23)17(15,28)29/h2-7H,1H2/t2?,3?,4-,5-,6+,7+,12-,13+,14-,15-/m0/s1. The molecule has 2 unspecified atom stereocenters. The maximum Gasteiger partial charge on any atom is 0.166 e. The number of allylic oxidation sites excluding steroid dienone is 4. The van der Waals surface area contributed by atoms with Crippen LogP contribution in [-0.2, 0) is 0 Å². The zero-order chi connectivity index (χ0) is 21.5. The molecule has 0 amide bonds. The van der Waals surface area contributed by atoms with Crippen LogP contribution >= 0.6 is 139 Å². The second-order valence-electron chi connectivity index (χ2n) is 8.92. The Morgan fingerprint density at radius 2 is 0.655 bits per heavy atom. The molecule has 0 aromatic heterocycles. The van der Waals surface area contributed by atoms with Crippen molar-refractivity contribution < 1.29 is 0 Å². The molecule has 6 aliphatic carbocycles. The first-order valence-corrected chi connectivity index (χ1v) is 13.3. The van der Waals surface area contributed by atoms with Gasteiger partial charge >= 0.3 is 0 Å². The van der Waals surface area contributed by atoms with Gasteiger partial charge in [0, 0.05) is 0 Å². The summed E-state index contributed by atoms with van der Waals surface area (Å²) < 4.78 is -3.25. The Labute approximate surface area is 227 Å². The van der Waals surface area contributed by atoms with Crippen molar-refractivity contribution in [2.24, 2.45) is 35.5 Å². The molecule has 29 heavy (non-hydrogen) atoms. The summed E-state index contributed by atoms with van der Waals surface area (Å²) in [6.45, 7) is 0. The van der Waals surface area contributed by atoms with Crippen LogP contribution in [0.25, 0.3) is 0 Å². The Hall–Kier alpha value is 2.96. The molecule has 0 aromatic carbocycles. The molecule has 12 heteroatoms. The lowest BCUT2D eigenvalue weighted by molar-refractivity contribution is 0.0959. The normalized spacial score (nSPS) is 62.5. The predicted octanol–water partition coefficient (Wildman–Crippen LogP) is 8.79. The van der Waals surface area contributed by atoms with Crippen molar-refractivity contribution in [1.29, 1.82) is 0 Å². The first-order chi connectivity index (χ1) is 13.1. The van der Waals surface area contributed by atoms with Gasteiger partial charge in [0.25, 0.3) is 0 Å². The molecule has 0 heterocycles. The van der Waals surface area contributed by atoms with E-state index in [0.717, 1.165) is 0 Å². The van der Waals surface area contributed by atoms with Crippen LogP contribution in [0.4, 0.5) is 0 Å². The third-order valence-corrected chi connectivity index (χ3v) is 17.1. The maximum absolute atomic E-state index is 7.09. The minimum Gasteiger partial charge on any atom is -0.109 e. The van der Waals surface area contributed by atoms with Crippen LogP contribution in [0.1, 0.15) is 6.42 Å². The highest BCUT2D eigenvalue weighted by Gasteiger charge is 2.94. The average Bonchev–Trinajstić information content (AvgIpc) is 3.33. The number of alkyl halides is 8. The highest BCUT2D eigenvalue weighted by atomic mass is 35.5. The molecule has 6 aliphatic rings. The molecular formula is C17H8Cl12. The Morgan fingerprint density at radius 1 is 0.448 bits per heavy atom. The predicted molar refractivity (Wildman–Crippen MR) is 126 cm³/mol. The quantitative estimate of drug-likeness (QED) is 0.184. The Bertz CT molecular complexity index is 825. The molecule has 0 saturated heterocycles. The van der Waals surface area contributed by atoms with Gasteiger partial charge in [-0.05, 0) is 41.9 Å². The van der Waals surface area contributed by atoms with E-state index in [1.54, 1.807) is 0 Å².